The molecule has 2 N–H and O–H groups in total. The first-order valence-corrected chi connectivity index (χ1v) is 8.30. The third-order valence-electron chi connectivity index (χ3n) is 3.48. The third-order valence-corrected chi connectivity index (χ3v) is 3.48. The van der Waals surface area contributed by atoms with Crippen LogP contribution in [0.15, 0.2) is 18.2 Å². The van der Waals surface area contributed by atoms with Crippen molar-refractivity contribution in [2.75, 3.05) is 19.0 Å². The van der Waals surface area contributed by atoms with Gasteiger partial charge >= 0.3 is 11.8 Å². The number of carbonyl (C=O) groups excluding carboxylic acids is 2. The standard InChI is InChI=1S/C18H28N2O4/c1-6-24-16-11-14(9-10-15(16)23-5)20-18(22)17(21)19-13(4)8-7-12(2)3/h9-13H,6-8H2,1-5H3,(H,19,21)(H,20,22). The van der Waals surface area contributed by atoms with Gasteiger partial charge in [0, 0.05) is 17.8 Å². The molecule has 134 valence electrons. The molecular weight excluding hydrogens is 308 g/mol. The molecule has 0 radical (unpaired) electrons. The van der Waals surface area contributed by atoms with E-state index in [0.717, 1.165) is 12.8 Å². The number of anilines is 1. The third kappa shape index (κ3) is 6.48. The summed E-state index contributed by atoms with van der Waals surface area (Å²) in [7, 11) is 1.54. The fraction of sp³-hybridized carbons (Fsp3) is 0.556. The summed E-state index contributed by atoms with van der Waals surface area (Å²) in [6.45, 7) is 8.48. The zero-order valence-electron chi connectivity index (χ0n) is 15.1. The molecule has 0 bridgehead atoms. The van der Waals surface area contributed by atoms with E-state index in [2.05, 4.69) is 24.5 Å². The molecule has 0 fully saturated rings. The molecule has 6 heteroatoms. The zero-order chi connectivity index (χ0) is 18.1. The minimum absolute atomic E-state index is 0.0412. The van der Waals surface area contributed by atoms with Gasteiger partial charge in [-0.25, -0.2) is 0 Å². The Morgan fingerprint density at radius 3 is 2.38 bits per heavy atom. The van der Waals surface area contributed by atoms with Gasteiger partial charge in [-0.2, -0.15) is 0 Å². The van der Waals surface area contributed by atoms with Crippen LogP contribution >= 0.6 is 0 Å². The predicted molar refractivity (Wildman–Crippen MR) is 94.5 cm³/mol. The molecule has 0 saturated carbocycles. The van der Waals surface area contributed by atoms with Gasteiger partial charge in [0.1, 0.15) is 0 Å². The summed E-state index contributed by atoms with van der Waals surface area (Å²) >= 11 is 0. The minimum Gasteiger partial charge on any atom is -0.493 e. The van der Waals surface area contributed by atoms with Crippen LogP contribution in [-0.2, 0) is 9.59 Å². The zero-order valence-corrected chi connectivity index (χ0v) is 15.1. The fourth-order valence-corrected chi connectivity index (χ4v) is 2.16. The Morgan fingerprint density at radius 2 is 1.79 bits per heavy atom. The predicted octanol–water partition coefficient (Wildman–Crippen LogP) is 2.97. The average Bonchev–Trinajstić information content (AvgIpc) is 2.53. The van der Waals surface area contributed by atoms with Crippen LogP contribution in [-0.4, -0.2) is 31.6 Å². The van der Waals surface area contributed by atoms with Crippen LogP contribution in [0.1, 0.15) is 40.5 Å². The molecule has 0 aromatic heterocycles. The largest absolute Gasteiger partial charge is 0.493 e. The fourth-order valence-electron chi connectivity index (χ4n) is 2.16. The Morgan fingerprint density at radius 1 is 1.08 bits per heavy atom. The molecule has 0 aliphatic rings. The van der Waals surface area contributed by atoms with Crippen molar-refractivity contribution in [3.8, 4) is 11.5 Å². The first-order valence-electron chi connectivity index (χ1n) is 8.30. The first-order chi connectivity index (χ1) is 11.4. The van der Waals surface area contributed by atoms with Gasteiger partial charge in [-0.1, -0.05) is 13.8 Å². The summed E-state index contributed by atoms with van der Waals surface area (Å²) in [6, 6.07) is 4.94. The maximum absolute atomic E-state index is 12.0. The summed E-state index contributed by atoms with van der Waals surface area (Å²) in [6.07, 6.45) is 1.84. The molecule has 0 aliphatic heterocycles. The van der Waals surface area contributed by atoms with Crippen molar-refractivity contribution in [3.05, 3.63) is 18.2 Å². The highest BCUT2D eigenvalue weighted by molar-refractivity contribution is 6.39. The second-order valence-corrected chi connectivity index (χ2v) is 6.10. The molecule has 1 aromatic carbocycles. The highest BCUT2D eigenvalue weighted by atomic mass is 16.5. The van der Waals surface area contributed by atoms with Gasteiger partial charge in [-0.15, -0.1) is 0 Å². The van der Waals surface area contributed by atoms with E-state index in [0.29, 0.717) is 29.7 Å². The van der Waals surface area contributed by atoms with Gasteiger partial charge in [-0.3, -0.25) is 9.59 Å². The van der Waals surface area contributed by atoms with Crippen molar-refractivity contribution in [2.24, 2.45) is 5.92 Å². The molecule has 1 unspecified atom stereocenters. The highest BCUT2D eigenvalue weighted by Gasteiger charge is 2.17. The number of rotatable bonds is 8. The minimum atomic E-state index is -0.695. The van der Waals surface area contributed by atoms with Gasteiger partial charge in [-0.05, 0) is 44.7 Å². The summed E-state index contributed by atoms with van der Waals surface area (Å²) in [5.41, 5.74) is 0.481. The second-order valence-electron chi connectivity index (χ2n) is 6.10. The lowest BCUT2D eigenvalue weighted by Crippen LogP contribution is -2.40. The Balaban J connectivity index is 2.63. The molecule has 1 rings (SSSR count). The summed E-state index contributed by atoms with van der Waals surface area (Å²) < 4.78 is 10.6. The molecular formula is C18H28N2O4. The topological polar surface area (TPSA) is 76.7 Å². The SMILES string of the molecule is CCOc1cc(NC(=O)C(=O)NC(C)CCC(C)C)ccc1OC. The summed E-state index contributed by atoms with van der Waals surface area (Å²) in [5.74, 6) is 0.318. The molecule has 0 aliphatic carbocycles. The van der Waals surface area contributed by atoms with E-state index in [1.54, 1.807) is 25.3 Å². The maximum Gasteiger partial charge on any atom is 0.313 e. The number of amides is 2. The molecule has 6 nitrogen and oxygen atoms in total. The molecule has 0 heterocycles. The van der Waals surface area contributed by atoms with Gasteiger partial charge in [0.05, 0.1) is 13.7 Å². The van der Waals surface area contributed by atoms with Crippen LogP contribution in [0.3, 0.4) is 0 Å². The first kappa shape index (κ1) is 19.8. The summed E-state index contributed by atoms with van der Waals surface area (Å²) in [4.78, 5) is 24.0. The Hall–Kier alpha value is -2.24. The van der Waals surface area contributed by atoms with Crippen LogP contribution in [0.5, 0.6) is 11.5 Å². The van der Waals surface area contributed by atoms with Crippen molar-refractivity contribution in [2.45, 2.75) is 46.6 Å². The number of hydrogen-bond donors (Lipinski definition) is 2. The highest BCUT2D eigenvalue weighted by Crippen LogP contribution is 2.30. The van der Waals surface area contributed by atoms with Crippen molar-refractivity contribution in [1.29, 1.82) is 0 Å². The number of carbonyl (C=O) groups is 2. The maximum atomic E-state index is 12.0. The smallest absolute Gasteiger partial charge is 0.313 e. The Kier molecular flexibility index (Phi) is 8.09. The van der Waals surface area contributed by atoms with Crippen molar-refractivity contribution >= 4 is 17.5 Å². The Labute approximate surface area is 143 Å². The number of benzene rings is 1. The molecule has 0 spiro atoms. The quantitative estimate of drug-likeness (QED) is 0.716. The average molecular weight is 336 g/mol. The lowest BCUT2D eigenvalue weighted by atomic mass is 10.0. The lowest BCUT2D eigenvalue weighted by molar-refractivity contribution is -0.136. The number of methoxy groups -OCH3 is 1. The van der Waals surface area contributed by atoms with E-state index >= 15 is 0 Å². The van der Waals surface area contributed by atoms with Crippen LogP contribution in [0.25, 0.3) is 0 Å². The van der Waals surface area contributed by atoms with Gasteiger partial charge in [0.2, 0.25) is 0 Å². The molecule has 1 atom stereocenters. The lowest BCUT2D eigenvalue weighted by Gasteiger charge is -2.15. The number of nitrogens with one attached hydrogen (secondary N) is 2. The normalized spacial score (nSPS) is 11.8. The monoisotopic (exact) mass is 336 g/mol. The van der Waals surface area contributed by atoms with Gasteiger partial charge in [0.15, 0.2) is 11.5 Å². The molecule has 0 saturated heterocycles. The van der Waals surface area contributed by atoms with Gasteiger partial charge < -0.3 is 20.1 Å². The summed E-state index contributed by atoms with van der Waals surface area (Å²) in [5, 5.41) is 5.29. The molecule has 24 heavy (non-hydrogen) atoms. The van der Waals surface area contributed by atoms with Crippen LogP contribution in [0.2, 0.25) is 0 Å². The van der Waals surface area contributed by atoms with Crippen LogP contribution in [0.4, 0.5) is 5.69 Å². The van der Waals surface area contributed by atoms with Crippen LogP contribution < -0.4 is 20.1 Å². The van der Waals surface area contributed by atoms with E-state index in [4.69, 9.17) is 9.47 Å². The van der Waals surface area contributed by atoms with E-state index in [1.165, 1.54) is 0 Å². The second kappa shape index (κ2) is 9.80. The number of ether oxygens (including phenoxy) is 2. The van der Waals surface area contributed by atoms with E-state index in [1.807, 2.05) is 13.8 Å². The Bertz CT molecular complexity index is 558. The number of hydrogen-bond acceptors (Lipinski definition) is 4. The van der Waals surface area contributed by atoms with Crippen molar-refractivity contribution < 1.29 is 19.1 Å². The van der Waals surface area contributed by atoms with E-state index in [-0.39, 0.29) is 6.04 Å². The van der Waals surface area contributed by atoms with E-state index in [9.17, 15) is 9.59 Å². The van der Waals surface area contributed by atoms with E-state index < -0.39 is 11.8 Å². The van der Waals surface area contributed by atoms with Crippen LogP contribution in [0, 0.1) is 5.92 Å². The molecule has 1 aromatic rings. The molecule has 2 amide bonds. The van der Waals surface area contributed by atoms with Crippen molar-refractivity contribution in [1.82, 2.24) is 5.32 Å². The van der Waals surface area contributed by atoms with Crippen molar-refractivity contribution in [3.63, 3.8) is 0 Å². The van der Waals surface area contributed by atoms with Gasteiger partial charge in [0.25, 0.3) is 0 Å².